The number of aromatic nitrogens is 1. The second kappa shape index (κ2) is 9.01. The van der Waals surface area contributed by atoms with Crippen molar-refractivity contribution in [3.63, 3.8) is 0 Å². The highest BCUT2D eigenvalue weighted by molar-refractivity contribution is 7.21. The van der Waals surface area contributed by atoms with Crippen molar-refractivity contribution in [1.29, 1.82) is 0 Å². The van der Waals surface area contributed by atoms with Crippen LogP contribution in [0.25, 0.3) is 10.2 Å². The van der Waals surface area contributed by atoms with E-state index in [0.717, 1.165) is 52.5 Å². The summed E-state index contributed by atoms with van der Waals surface area (Å²) in [6, 6.07) is 18.9. The summed E-state index contributed by atoms with van der Waals surface area (Å²) in [5.41, 5.74) is 2.25. The van der Waals surface area contributed by atoms with E-state index >= 15 is 0 Å². The Kier molecular flexibility index (Phi) is 5.55. The monoisotopic (exact) mass is 485 g/mol. The molecule has 176 valence electrons. The molecule has 35 heavy (non-hydrogen) atoms. The minimum atomic E-state index is -0.274. The summed E-state index contributed by atoms with van der Waals surface area (Å²) in [6.45, 7) is 2.02. The van der Waals surface area contributed by atoms with Gasteiger partial charge in [-0.15, -0.1) is 11.3 Å². The predicted octanol–water partition coefficient (Wildman–Crippen LogP) is 4.73. The van der Waals surface area contributed by atoms with Crippen LogP contribution >= 0.6 is 11.3 Å². The molecule has 3 amide bonds. The minimum Gasteiger partial charge on any atom is -0.457 e. The number of nitrogens with one attached hydrogen (secondary N) is 3. The van der Waals surface area contributed by atoms with Gasteiger partial charge in [-0.2, -0.15) is 0 Å². The Morgan fingerprint density at radius 2 is 1.91 bits per heavy atom. The third kappa shape index (κ3) is 4.20. The molecule has 0 bridgehead atoms. The van der Waals surface area contributed by atoms with Gasteiger partial charge in [0.1, 0.15) is 21.2 Å². The number of hydrogen-bond acceptors (Lipinski definition) is 6. The summed E-state index contributed by atoms with van der Waals surface area (Å²) in [5, 5.41) is 10.1. The van der Waals surface area contributed by atoms with Crippen molar-refractivity contribution < 1.29 is 14.3 Å². The Bertz CT molecular complexity index is 1400. The van der Waals surface area contributed by atoms with Crippen molar-refractivity contribution in [1.82, 2.24) is 15.6 Å². The van der Waals surface area contributed by atoms with E-state index in [1.165, 1.54) is 11.3 Å². The number of benzene rings is 2. The number of carbonyl (C=O) groups is 2. The number of urea groups is 1. The van der Waals surface area contributed by atoms with Gasteiger partial charge in [0.2, 0.25) is 0 Å². The predicted molar refractivity (Wildman–Crippen MR) is 137 cm³/mol. The quantitative estimate of drug-likeness (QED) is 0.367. The largest absolute Gasteiger partial charge is 0.457 e. The topological polar surface area (TPSA) is 95.6 Å². The van der Waals surface area contributed by atoms with Crippen molar-refractivity contribution in [2.24, 2.45) is 0 Å². The van der Waals surface area contributed by atoms with Crippen LogP contribution in [-0.4, -0.2) is 36.1 Å². The average Bonchev–Trinajstić information content (AvgIpc) is 3.52. The molecule has 4 aromatic rings. The first-order valence-corrected chi connectivity index (χ1v) is 12.3. The van der Waals surface area contributed by atoms with Crippen molar-refractivity contribution in [2.75, 3.05) is 23.3 Å². The molecular formula is C26H23N5O3S. The second-order valence-electron chi connectivity index (χ2n) is 8.55. The summed E-state index contributed by atoms with van der Waals surface area (Å²) in [5.74, 6) is 1.32. The van der Waals surface area contributed by atoms with Crippen LogP contribution in [0.3, 0.4) is 0 Å². The van der Waals surface area contributed by atoms with Crippen LogP contribution in [0.2, 0.25) is 0 Å². The average molecular weight is 486 g/mol. The zero-order valence-corrected chi connectivity index (χ0v) is 19.6. The van der Waals surface area contributed by atoms with Crippen molar-refractivity contribution in [2.45, 2.75) is 19.0 Å². The minimum absolute atomic E-state index is 0.0944. The van der Waals surface area contributed by atoms with Crippen LogP contribution < -0.4 is 25.6 Å². The maximum absolute atomic E-state index is 13.2. The summed E-state index contributed by atoms with van der Waals surface area (Å²) >= 11 is 1.31. The highest BCUT2D eigenvalue weighted by Gasteiger charge is 2.32. The fourth-order valence-corrected chi connectivity index (χ4v) is 5.47. The van der Waals surface area contributed by atoms with E-state index in [2.05, 4.69) is 20.9 Å². The Morgan fingerprint density at radius 1 is 1.11 bits per heavy atom. The number of ether oxygens (including phenoxy) is 1. The number of para-hydroxylation sites is 1. The molecule has 1 saturated heterocycles. The van der Waals surface area contributed by atoms with Gasteiger partial charge >= 0.3 is 6.03 Å². The van der Waals surface area contributed by atoms with Gasteiger partial charge < -0.3 is 20.7 Å². The lowest BCUT2D eigenvalue weighted by molar-refractivity contribution is 0.0945. The van der Waals surface area contributed by atoms with E-state index in [-0.39, 0.29) is 18.0 Å². The van der Waals surface area contributed by atoms with Crippen molar-refractivity contribution in [3.05, 3.63) is 77.3 Å². The fourth-order valence-electron chi connectivity index (χ4n) is 4.45. The third-order valence-corrected chi connectivity index (χ3v) is 7.28. The van der Waals surface area contributed by atoms with Crippen LogP contribution in [-0.2, 0) is 6.54 Å². The number of rotatable bonds is 6. The van der Waals surface area contributed by atoms with Crippen LogP contribution in [0.15, 0.2) is 66.9 Å². The Morgan fingerprint density at radius 3 is 2.69 bits per heavy atom. The molecule has 9 heteroatoms. The molecule has 0 aliphatic carbocycles. The molecule has 3 N–H and O–H groups in total. The third-order valence-electron chi connectivity index (χ3n) is 6.18. The van der Waals surface area contributed by atoms with E-state index < -0.39 is 0 Å². The van der Waals surface area contributed by atoms with E-state index in [4.69, 9.17) is 4.74 Å². The van der Waals surface area contributed by atoms with Gasteiger partial charge in [-0.25, -0.2) is 9.78 Å². The van der Waals surface area contributed by atoms with Gasteiger partial charge in [0.15, 0.2) is 0 Å². The van der Waals surface area contributed by atoms with E-state index in [9.17, 15) is 9.59 Å². The molecule has 0 unspecified atom stereocenters. The Labute approximate surface area is 205 Å². The first-order valence-electron chi connectivity index (χ1n) is 11.5. The molecule has 0 radical (unpaired) electrons. The zero-order valence-electron chi connectivity index (χ0n) is 18.8. The summed E-state index contributed by atoms with van der Waals surface area (Å²) in [4.78, 5) is 33.5. The number of nitrogens with zero attached hydrogens (tertiary/aromatic N) is 2. The maximum Gasteiger partial charge on any atom is 0.326 e. The maximum atomic E-state index is 13.2. The molecule has 0 spiro atoms. The van der Waals surface area contributed by atoms with Gasteiger partial charge in [0.25, 0.3) is 5.91 Å². The Balaban J connectivity index is 1.25. The molecule has 1 atom stereocenters. The standard InChI is InChI=1S/C26H23N5O3S/c32-24(29-17-10-12-27-14-17)23-22-21-20(11-13-28-25(21)35-23)31(26(33)30-22)15-16-6-8-19(9-7-16)34-18-4-2-1-3-5-18/h1-9,11,13,17,27H,10,12,14-15H2,(H,29,32)(H,30,33)/t17-/m1/s1. The number of amides is 3. The molecule has 8 nitrogen and oxygen atoms in total. The number of anilines is 2. The number of pyridine rings is 1. The van der Waals surface area contributed by atoms with E-state index in [1.807, 2.05) is 60.7 Å². The molecule has 0 saturated carbocycles. The van der Waals surface area contributed by atoms with Crippen LogP contribution in [0.1, 0.15) is 21.7 Å². The Hall–Kier alpha value is -3.95. The summed E-state index contributed by atoms with van der Waals surface area (Å²) in [6.07, 6.45) is 2.58. The van der Waals surface area contributed by atoms with Crippen molar-refractivity contribution in [3.8, 4) is 11.5 Å². The van der Waals surface area contributed by atoms with Gasteiger partial charge in [0, 0.05) is 18.8 Å². The second-order valence-corrected chi connectivity index (χ2v) is 9.55. The molecule has 6 rings (SSSR count). The van der Waals surface area contributed by atoms with Crippen LogP contribution in [0.5, 0.6) is 11.5 Å². The number of carbonyl (C=O) groups excluding carboxylic acids is 2. The van der Waals surface area contributed by atoms with E-state index in [0.29, 0.717) is 17.1 Å². The SMILES string of the molecule is O=C(N[C@@H]1CCNC1)c1sc2nccc3c2c1NC(=O)N3Cc1ccc(Oc2ccccc2)cc1. The van der Waals surface area contributed by atoms with Crippen molar-refractivity contribution >= 4 is 44.9 Å². The van der Waals surface area contributed by atoms with Gasteiger partial charge in [-0.3, -0.25) is 9.69 Å². The van der Waals surface area contributed by atoms with Crippen LogP contribution in [0.4, 0.5) is 16.2 Å². The molecule has 4 heterocycles. The van der Waals surface area contributed by atoms with Crippen LogP contribution in [0, 0.1) is 0 Å². The molecule has 1 fully saturated rings. The highest BCUT2D eigenvalue weighted by atomic mass is 32.1. The first-order chi connectivity index (χ1) is 17.2. The molecule has 2 aromatic heterocycles. The fraction of sp³-hybridized carbons (Fsp3) is 0.192. The number of hydrogen-bond donors (Lipinski definition) is 3. The van der Waals surface area contributed by atoms with E-state index in [1.54, 1.807) is 11.1 Å². The zero-order chi connectivity index (χ0) is 23.8. The van der Waals surface area contributed by atoms with Gasteiger partial charge in [0.05, 0.1) is 23.3 Å². The van der Waals surface area contributed by atoms with Gasteiger partial charge in [-0.1, -0.05) is 30.3 Å². The molecule has 2 aromatic carbocycles. The lowest BCUT2D eigenvalue weighted by Crippen LogP contribution is -2.39. The summed E-state index contributed by atoms with van der Waals surface area (Å²) < 4.78 is 5.87. The molecule has 2 aliphatic heterocycles. The molecule has 2 aliphatic rings. The van der Waals surface area contributed by atoms with Gasteiger partial charge in [-0.05, 0) is 48.9 Å². The first kappa shape index (κ1) is 21.6. The molecular weight excluding hydrogens is 462 g/mol. The number of thiophene rings is 1. The lowest BCUT2D eigenvalue weighted by atomic mass is 10.1. The normalized spacial score (nSPS) is 16.9. The smallest absolute Gasteiger partial charge is 0.326 e. The lowest BCUT2D eigenvalue weighted by Gasteiger charge is -2.28. The highest BCUT2D eigenvalue weighted by Crippen LogP contribution is 2.44. The summed E-state index contributed by atoms with van der Waals surface area (Å²) in [7, 11) is 0.